The van der Waals surface area contributed by atoms with Gasteiger partial charge in [0.05, 0.1) is 6.26 Å². The van der Waals surface area contributed by atoms with Gasteiger partial charge in [-0.2, -0.15) is 0 Å². The van der Waals surface area contributed by atoms with Gasteiger partial charge < -0.3 is 9.84 Å². The van der Waals surface area contributed by atoms with Crippen LogP contribution in [0.15, 0.2) is 12.8 Å². The van der Waals surface area contributed by atoms with Crippen LogP contribution in [0.4, 0.5) is 0 Å². The van der Waals surface area contributed by atoms with E-state index in [1.807, 2.05) is 0 Å². The van der Waals surface area contributed by atoms with E-state index in [-0.39, 0.29) is 12.6 Å². The molecule has 0 saturated heterocycles. The minimum absolute atomic E-state index is 0.211. The summed E-state index contributed by atoms with van der Waals surface area (Å²) in [7, 11) is 0. The van der Waals surface area contributed by atoms with Crippen LogP contribution in [0.5, 0.6) is 0 Å². The molecule has 0 radical (unpaired) electrons. The molecular formula is C10H18O3. The van der Waals surface area contributed by atoms with Gasteiger partial charge in [0, 0.05) is 13.0 Å². The molecule has 0 aromatic carbocycles. The first-order chi connectivity index (χ1) is 6.31. The average Bonchev–Trinajstić information content (AvgIpc) is 2.11. The van der Waals surface area contributed by atoms with E-state index in [0.717, 1.165) is 38.4 Å². The van der Waals surface area contributed by atoms with Gasteiger partial charge in [-0.3, -0.25) is 4.79 Å². The van der Waals surface area contributed by atoms with Crippen molar-refractivity contribution in [1.82, 2.24) is 0 Å². The number of carbonyl (C=O) groups excluding carboxylic acids is 1. The predicted molar refractivity (Wildman–Crippen MR) is 51.1 cm³/mol. The molecule has 0 aliphatic carbocycles. The number of rotatable bonds is 8. The van der Waals surface area contributed by atoms with Gasteiger partial charge in [0.25, 0.3) is 0 Å². The van der Waals surface area contributed by atoms with Crippen LogP contribution in [-0.2, 0) is 9.53 Å². The van der Waals surface area contributed by atoms with Gasteiger partial charge in [0.1, 0.15) is 0 Å². The van der Waals surface area contributed by atoms with E-state index in [1.54, 1.807) is 0 Å². The molecule has 0 bridgehead atoms. The molecule has 0 amide bonds. The molecule has 3 heteroatoms. The molecule has 0 aromatic heterocycles. The second kappa shape index (κ2) is 9.26. The molecule has 13 heavy (non-hydrogen) atoms. The fourth-order valence-corrected chi connectivity index (χ4v) is 1.06. The number of hydrogen-bond acceptors (Lipinski definition) is 3. The van der Waals surface area contributed by atoms with E-state index >= 15 is 0 Å². The molecule has 0 unspecified atom stereocenters. The molecule has 0 fully saturated rings. The van der Waals surface area contributed by atoms with Crippen molar-refractivity contribution in [1.29, 1.82) is 0 Å². The van der Waals surface area contributed by atoms with Crippen LogP contribution in [0.1, 0.15) is 38.5 Å². The van der Waals surface area contributed by atoms with Crippen LogP contribution in [0.25, 0.3) is 0 Å². The zero-order chi connectivity index (χ0) is 9.94. The van der Waals surface area contributed by atoms with Crippen LogP contribution < -0.4 is 0 Å². The first-order valence-electron chi connectivity index (χ1n) is 4.72. The summed E-state index contributed by atoms with van der Waals surface area (Å²) >= 11 is 0. The Kier molecular flexibility index (Phi) is 8.67. The Hall–Kier alpha value is -0.830. The monoisotopic (exact) mass is 186 g/mol. The topological polar surface area (TPSA) is 46.5 Å². The second-order valence-corrected chi connectivity index (χ2v) is 2.90. The van der Waals surface area contributed by atoms with Gasteiger partial charge in [-0.05, 0) is 12.8 Å². The van der Waals surface area contributed by atoms with Crippen molar-refractivity contribution in [3.63, 3.8) is 0 Å². The standard InChI is InChI=1S/C10H18O3/c1-2-13-10(12)8-6-4-3-5-7-9-11/h2,11H,1,3-9H2. The predicted octanol–water partition coefficient (Wildman–Crippen LogP) is 2.01. The second-order valence-electron chi connectivity index (χ2n) is 2.90. The molecule has 0 atom stereocenters. The van der Waals surface area contributed by atoms with Crippen molar-refractivity contribution in [3.05, 3.63) is 12.8 Å². The summed E-state index contributed by atoms with van der Waals surface area (Å²) in [6, 6.07) is 0. The van der Waals surface area contributed by atoms with Gasteiger partial charge in [-0.1, -0.05) is 25.8 Å². The highest BCUT2D eigenvalue weighted by Crippen LogP contribution is 2.05. The first kappa shape index (κ1) is 12.2. The molecule has 3 nitrogen and oxygen atoms in total. The lowest BCUT2D eigenvalue weighted by Gasteiger charge is -1.99. The molecule has 0 spiro atoms. The highest BCUT2D eigenvalue weighted by Gasteiger charge is 1.99. The van der Waals surface area contributed by atoms with Crippen molar-refractivity contribution in [3.8, 4) is 0 Å². The molecule has 0 rings (SSSR count). The Bertz CT molecular complexity index is 143. The van der Waals surface area contributed by atoms with Crippen LogP contribution in [0.2, 0.25) is 0 Å². The normalized spacial score (nSPS) is 9.62. The zero-order valence-corrected chi connectivity index (χ0v) is 8.00. The molecule has 0 aliphatic heterocycles. The van der Waals surface area contributed by atoms with Gasteiger partial charge >= 0.3 is 5.97 Å². The molecule has 0 aliphatic rings. The zero-order valence-electron chi connectivity index (χ0n) is 8.00. The maximum atomic E-state index is 10.8. The molecule has 0 heterocycles. The fourth-order valence-electron chi connectivity index (χ4n) is 1.06. The SMILES string of the molecule is C=COC(=O)CCCCCCCO. The Labute approximate surface area is 79.4 Å². The quantitative estimate of drug-likeness (QED) is 0.358. The first-order valence-corrected chi connectivity index (χ1v) is 4.72. The minimum atomic E-state index is -0.211. The third-order valence-electron chi connectivity index (χ3n) is 1.75. The summed E-state index contributed by atoms with van der Waals surface area (Å²) < 4.78 is 4.55. The van der Waals surface area contributed by atoms with E-state index < -0.39 is 0 Å². The summed E-state index contributed by atoms with van der Waals surface area (Å²) in [6.07, 6.45) is 6.47. The lowest BCUT2D eigenvalue weighted by molar-refractivity contribution is -0.138. The summed E-state index contributed by atoms with van der Waals surface area (Å²) in [4.78, 5) is 10.8. The van der Waals surface area contributed by atoms with Gasteiger partial charge in [-0.15, -0.1) is 0 Å². The average molecular weight is 186 g/mol. The van der Waals surface area contributed by atoms with Crippen molar-refractivity contribution in [2.45, 2.75) is 38.5 Å². The lowest BCUT2D eigenvalue weighted by atomic mass is 10.1. The molecular weight excluding hydrogens is 168 g/mol. The highest BCUT2D eigenvalue weighted by molar-refractivity contribution is 5.69. The van der Waals surface area contributed by atoms with Crippen LogP contribution in [0, 0.1) is 0 Å². The summed E-state index contributed by atoms with van der Waals surface area (Å²) in [5.74, 6) is -0.211. The van der Waals surface area contributed by atoms with Crippen molar-refractivity contribution in [2.75, 3.05) is 6.61 Å². The van der Waals surface area contributed by atoms with Crippen LogP contribution in [0.3, 0.4) is 0 Å². The number of aliphatic hydroxyl groups excluding tert-OH is 1. The number of esters is 1. The Morgan fingerprint density at radius 2 is 1.85 bits per heavy atom. The van der Waals surface area contributed by atoms with E-state index in [9.17, 15) is 4.79 Å². The summed E-state index contributed by atoms with van der Waals surface area (Å²) in [5, 5.41) is 8.50. The van der Waals surface area contributed by atoms with E-state index in [0.29, 0.717) is 6.42 Å². The van der Waals surface area contributed by atoms with Crippen molar-refractivity contribution >= 4 is 5.97 Å². The number of hydrogen-bond donors (Lipinski definition) is 1. The van der Waals surface area contributed by atoms with Crippen molar-refractivity contribution < 1.29 is 14.6 Å². The molecule has 1 N–H and O–H groups in total. The lowest BCUT2D eigenvalue weighted by Crippen LogP contribution is -1.98. The van der Waals surface area contributed by atoms with Gasteiger partial charge in [0.2, 0.25) is 0 Å². The molecule has 0 saturated carbocycles. The van der Waals surface area contributed by atoms with Crippen molar-refractivity contribution in [2.24, 2.45) is 0 Å². The van der Waals surface area contributed by atoms with Gasteiger partial charge in [-0.25, -0.2) is 0 Å². The maximum Gasteiger partial charge on any atom is 0.310 e. The van der Waals surface area contributed by atoms with E-state index in [2.05, 4.69) is 11.3 Å². The fraction of sp³-hybridized carbons (Fsp3) is 0.700. The summed E-state index contributed by atoms with van der Waals surface area (Å²) in [5.41, 5.74) is 0. The minimum Gasteiger partial charge on any atom is -0.435 e. The van der Waals surface area contributed by atoms with E-state index in [4.69, 9.17) is 5.11 Å². The van der Waals surface area contributed by atoms with E-state index in [1.165, 1.54) is 0 Å². The number of unbranched alkanes of at least 4 members (excludes halogenated alkanes) is 4. The van der Waals surface area contributed by atoms with Crippen LogP contribution >= 0.6 is 0 Å². The highest BCUT2D eigenvalue weighted by atomic mass is 16.5. The maximum absolute atomic E-state index is 10.8. The Morgan fingerprint density at radius 3 is 2.46 bits per heavy atom. The third-order valence-corrected chi connectivity index (χ3v) is 1.75. The number of ether oxygens (including phenoxy) is 1. The van der Waals surface area contributed by atoms with Crippen LogP contribution in [-0.4, -0.2) is 17.7 Å². The van der Waals surface area contributed by atoms with Gasteiger partial charge in [0.15, 0.2) is 0 Å². The Balaban J connectivity index is 3.06. The number of carbonyl (C=O) groups is 1. The smallest absolute Gasteiger partial charge is 0.310 e. The number of aliphatic hydroxyl groups is 1. The third kappa shape index (κ3) is 9.08. The molecule has 0 aromatic rings. The summed E-state index contributed by atoms with van der Waals surface area (Å²) in [6.45, 7) is 3.56. The molecule has 76 valence electrons. The Morgan fingerprint density at radius 1 is 1.23 bits per heavy atom. The largest absolute Gasteiger partial charge is 0.435 e.